The Kier molecular flexibility index (Phi) is 7.59. The number of aromatic nitrogens is 2. The number of nitrogens with zero attached hydrogens (tertiary/aromatic N) is 4. The number of fused-ring (bicyclic) bond motifs is 1. The van der Waals surface area contributed by atoms with Gasteiger partial charge in [0.2, 0.25) is 5.91 Å². The molecule has 3 aromatic rings. The Balaban J connectivity index is 1.49. The van der Waals surface area contributed by atoms with E-state index >= 15 is 0 Å². The Bertz CT molecular complexity index is 1260. The lowest BCUT2D eigenvalue weighted by molar-refractivity contribution is -0.159. The number of nitrogen functional groups attached to an aromatic ring is 1. The molecular weight excluding hydrogens is 493 g/mol. The number of ether oxygens (including phenoxy) is 2. The quantitative estimate of drug-likeness (QED) is 0.512. The number of amides is 2. The Morgan fingerprint density at radius 3 is 2.77 bits per heavy atom. The fourth-order valence-electron chi connectivity index (χ4n) is 4.11. The number of benzene rings is 2. The zero-order chi connectivity index (χ0) is 25.1. The summed E-state index contributed by atoms with van der Waals surface area (Å²) in [5, 5.41) is 1.53. The van der Waals surface area contributed by atoms with Gasteiger partial charge in [-0.2, -0.15) is 0 Å². The number of piperazine rings is 1. The highest BCUT2D eigenvalue weighted by Gasteiger charge is 2.41. The van der Waals surface area contributed by atoms with Crippen molar-refractivity contribution in [1.82, 2.24) is 19.8 Å². The summed E-state index contributed by atoms with van der Waals surface area (Å²) < 4.78 is 10.9. The number of rotatable bonds is 7. The summed E-state index contributed by atoms with van der Waals surface area (Å²) in [7, 11) is 1.49. The van der Waals surface area contributed by atoms with Gasteiger partial charge in [-0.25, -0.2) is 9.97 Å². The lowest BCUT2D eigenvalue weighted by Gasteiger charge is -2.44. The van der Waals surface area contributed by atoms with Crippen molar-refractivity contribution in [3.8, 4) is 5.75 Å². The van der Waals surface area contributed by atoms with E-state index in [4.69, 9.17) is 38.4 Å². The van der Waals surface area contributed by atoms with Crippen LogP contribution in [-0.4, -0.2) is 70.5 Å². The van der Waals surface area contributed by atoms with Gasteiger partial charge in [0.25, 0.3) is 5.91 Å². The molecule has 2 N–H and O–H groups in total. The van der Waals surface area contributed by atoms with E-state index in [2.05, 4.69) is 9.97 Å². The molecule has 35 heavy (non-hydrogen) atoms. The molecule has 0 aliphatic carbocycles. The molecule has 1 aliphatic rings. The molecule has 2 heterocycles. The van der Waals surface area contributed by atoms with Crippen molar-refractivity contribution in [2.45, 2.75) is 25.6 Å². The Morgan fingerprint density at radius 2 is 2.00 bits per heavy atom. The van der Waals surface area contributed by atoms with Crippen molar-refractivity contribution >= 4 is 51.7 Å². The van der Waals surface area contributed by atoms with Gasteiger partial charge >= 0.3 is 0 Å². The summed E-state index contributed by atoms with van der Waals surface area (Å²) >= 11 is 12.1. The van der Waals surface area contributed by atoms with E-state index < -0.39 is 6.04 Å². The first-order chi connectivity index (χ1) is 16.8. The van der Waals surface area contributed by atoms with Crippen LogP contribution in [0.5, 0.6) is 5.75 Å². The Labute approximate surface area is 212 Å². The van der Waals surface area contributed by atoms with Crippen molar-refractivity contribution in [3.05, 3.63) is 58.3 Å². The zero-order valence-corrected chi connectivity index (χ0v) is 20.8. The fourth-order valence-corrected chi connectivity index (χ4v) is 4.44. The minimum atomic E-state index is -0.777. The van der Waals surface area contributed by atoms with Crippen LogP contribution in [0.2, 0.25) is 10.0 Å². The maximum atomic E-state index is 13.5. The molecule has 2 amide bonds. The lowest BCUT2D eigenvalue weighted by atomic mass is 10.0. The first kappa shape index (κ1) is 25.0. The first-order valence-electron chi connectivity index (χ1n) is 10.9. The van der Waals surface area contributed by atoms with Crippen molar-refractivity contribution < 1.29 is 19.1 Å². The number of hydrogen-bond donors (Lipinski definition) is 1. The van der Waals surface area contributed by atoms with Crippen molar-refractivity contribution in [2.75, 3.05) is 32.6 Å². The molecular formula is C24H25Cl2N5O4. The maximum absolute atomic E-state index is 13.5. The highest BCUT2D eigenvalue weighted by molar-refractivity contribution is 6.34. The number of carbonyl (C=O) groups excluding carboxylic acids is 2. The Morgan fingerprint density at radius 1 is 1.20 bits per heavy atom. The summed E-state index contributed by atoms with van der Waals surface area (Å²) in [5.41, 5.74) is 7.51. The van der Waals surface area contributed by atoms with Crippen LogP contribution >= 0.6 is 23.2 Å². The van der Waals surface area contributed by atoms with Crippen LogP contribution in [0.4, 0.5) is 5.82 Å². The average Bonchev–Trinajstić information content (AvgIpc) is 2.84. The number of nitrogens with two attached hydrogens (primary N) is 1. The number of hydrogen-bond acceptors (Lipinski definition) is 7. The normalized spacial score (nSPS) is 18.2. The van der Waals surface area contributed by atoms with E-state index in [1.165, 1.54) is 24.4 Å². The smallest absolute Gasteiger partial charge is 0.261 e. The third-order valence-corrected chi connectivity index (χ3v) is 6.46. The maximum Gasteiger partial charge on any atom is 0.261 e. The molecule has 0 spiro atoms. The molecule has 2 aromatic carbocycles. The molecule has 0 saturated carbocycles. The van der Waals surface area contributed by atoms with Crippen LogP contribution in [0.3, 0.4) is 0 Å². The van der Waals surface area contributed by atoms with Gasteiger partial charge in [0.15, 0.2) is 6.61 Å². The SMILES string of the molecule is COC[C@H]1C(=O)N(Cc2ccc3c(N)ncnc3c2)C(C)CN1C(=O)COc1cc(Cl)ccc1Cl. The average molecular weight is 518 g/mol. The minimum Gasteiger partial charge on any atom is -0.482 e. The standard InChI is InChI=1S/C24H25Cl2N5O4/c1-14-9-31(22(32)12-35-21-8-16(25)4-6-18(21)26)20(11-34-2)24(33)30(14)10-15-3-5-17-19(7-15)28-13-29-23(17)27/h3-8,13-14,20H,9-12H2,1-2H3,(H2,27,28,29)/t14?,20-/m0/s1. The molecule has 1 fully saturated rings. The fraction of sp³-hybridized carbons (Fsp3) is 0.333. The second-order valence-electron chi connectivity index (χ2n) is 8.31. The highest BCUT2D eigenvalue weighted by atomic mass is 35.5. The number of halogens is 2. The summed E-state index contributed by atoms with van der Waals surface area (Å²) in [6.45, 7) is 2.36. The van der Waals surface area contributed by atoms with E-state index in [1.54, 1.807) is 17.0 Å². The molecule has 0 radical (unpaired) electrons. The van der Waals surface area contributed by atoms with Gasteiger partial charge in [0.1, 0.15) is 23.9 Å². The van der Waals surface area contributed by atoms with Crippen LogP contribution in [0.25, 0.3) is 10.9 Å². The van der Waals surface area contributed by atoms with E-state index in [1.807, 2.05) is 25.1 Å². The molecule has 1 aromatic heterocycles. The first-order valence-corrected chi connectivity index (χ1v) is 11.7. The molecule has 2 atom stereocenters. The predicted octanol–water partition coefficient (Wildman–Crippen LogP) is 3.17. The summed E-state index contributed by atoms with van der Waals surface area (Å²) in [6.07, 6.45) is 1.41. The van der Waals surface area contributed by atoms with E-state index in [-0.39, 0.29) is 31.1 Å². The van der Waals surface area contributed by atoms with Crippen molar-refractivity contribution in [2.24, 2.45) is 0 Å². The van der Waals surface area contributed by atoms with E-state index in [0.29, 0.717) is 40.2 Å². The van der Waals surface area contributed by atoms with Gasteiger partial charge in [-0.3, -0.25) is 9.59 Å². The third-order valence-electron chi connectivity index (χ3n) is 5.91. The van der Waals surface area contributed by atoms with E-state index in [9.17, 15) is 9.59 Å². The van der Waals surface area contributed by atoms with Gasteiger partial charge in [-0.15, -0.1) is 0 Å². The number of anilines is 1. The highest BCUT2D eigenvalue weighted by Crippen LogP contribution is 2.28. The van der Waals surface area contributed by atoms with Gasteiger partial charge in [0, 0.05) is 42.7 Å². The molecule has 1 saturated heterocycles. The van der Waals surface area contributed by atoms with Crippen LogP contribution < -0.4 is 10.5 Å². The summed E-state index contributed by atoms with van der Waals surface area (Å²) in [5.74, 6) is 0.150. The molecule has 11 heteroatoms. The molecule has 1 unspecified atom stereocenters. The van der Waals surface area contributed by atoms with Crippen LogP contribution in [-0.2, 0) is 20.9 Å². The summed E-state index contributed by atoms with van der Waals surface area (Å²) in [4.78, 5) is 38.0. The number of methoxy groups -OCH3 is 1. The van der Waals surface area contributed by atoms with Gasteiger partial charge in [-0.1, -0.05) is 29.3 Å². The van der Waals surface area contributed by atoms with Crippen molar-refractivity contribution in [1.29, 1.82) is 0 Å². The molecule has 184 valence electrons. The second-order valence-corrected chi connectivity index (χ2v) is 9.15. The third kappa shape index (κ3) is 5.42. The van der Waals surface area contributed by atoms with Gasteiger partial charge in [0.05, 0.1) is 17.1 Å². The number of carbonyl (C=O) groups is 2. The lowest BCUT2D eigenvalue weighted by Crippen LogP contribution is -2.63. The van der Waals surface area contributed by atoms with Gasteiger partial charge in [-0.05, 0) is 36.8 Å². The molecule has 0 bridgehead atoms. The van der Waals surface area contributed by atoms with Crippen molar-refractivity contribution in [3.63, 3.8) is 0 Å². The topological polar surface area (TPSA) is 111 Å². The Hall–Kier alpha value is -3.14. The van der Waals surface area contributed by atoms with E-state index in [0.717, 1.165) is 10.9 Å². The molecule has 1 aliphatic heterocycles. The van der Waals surface area contributed by atoms with Crippen LogP contribution in [0, 0.1) is 0 Å². The minimum absolute atomic E-state index is 0.0627. The second kappa shape index (κ2) is 10.6. The van der Waals surface area contributed by atoms with Gasteiger partial charge < -0.3 is 25.0 Å². The zero-order valence-electron chi connectivity index (χ0n) is 19.3. The monoisotopic (exact) mass is 517 g/mol. The molecule has 9 nitrogen and oxygen atoms in total. The largest absolute Gasteiger partial charge is 0.482 e. The van der Waals surface area contributed by atoms with Crippen LogP contribution in [0.1, 0.15) is 12.5 Å². The molecule has 4 rings (SSSR count). The predicted molar refractivity (Wildman–Crippen MR) is 133 cm³/mol. The summed E-state index contributed by atoms with van der Waals surface area (Å²) in [6, 6.07) is 9.38. The van der Waals surface area contributed by atoms with Crippen LogP contribution in [0.15, 0.2) is 42.7 Å².